The van der Waals surface area contributed by atoms with Gasteiger partial charge in [0.25, 0.3) is 0 Å². The van der Waals surface area contributed by atoms with Crippen LogP contribution in [0.25, 0.3) is 0 Å². The fourth-order valence-corrected chi connectivity index (χ4v) is 5.26. The average molecular weight is 304 g/mol. The van der Waals surface area contributed by atoms with Gasteiger partial charge in [0.1, 0.15) is 5.82 Å². The van der Waals surface area contributed by atoms with Crippen molar-refractivity contribution in [1.82, 2.24) is 4.31 Å². The lowest BCUT2D eigenvalue weighted by Gasteiger charge is -2.32. The molecule has 0 radical (unpaired) electrons. The van der Waals surface area contributed by atoms with Crippen molar-refractivity contribution >= 4 is 27.5 Å². The Kier molecular flexibility index (Phi) is 4.08. The van der Waals surface area contributed by atoms with E-state index in [-0.39, 0.29) is 22.2 Å². The van der Waals surface area contributed by atoms with Crippen LogP contribution in [0.5, 0.6) is 0 Å². The summed E-state index contributed by atoms with van der Waals surface area (Å²) < 4.78 is 40.3. The number of benzene rings is 1. The SMILES string of the molecule is Cc1c(F)cc(N)cc1S(=O)(=O)N1CCSCC1C. The molecule has 106 valence electrons. The van der Waals surface area contributed by atoms with E-state index in [0.717, 1.165) is 17.6 Å². The molecule has 1 heterocycles. The van der Waals surface area contributed by atoms with Crippen molar-refractivity contribution in [3.8, 4) is 0 Å². The first-order valence-corrected chi connectivity index (χ1v) is 8.58. The maximum atomic E-state index is 13.7. The summed E-state index contributed by atoms with van der Waals surface area (Å²) in [5, 5.41) is 0. The molecule has 1 aromatic rings. The van der Waals surface area contributed by atoms with Crippen LogP contribution in [0.4, 0.5) is 10.1 Å². The highest BCUT2D eigenvalue weighted by Gasteiger charge is 2.33. The maximum absolute atomic E-state index is 13.7. The summed E-state index contributed by atoms with van der Waals surface area (Å²) in [6.45, 7) is 3.77. The van der Waals surface area contributed by atoms with E-state index in [9.17, 15) is 12.8 Å². The van der Waals surface area contributed by atoms with Crippen LogP contribution >= 0.6 is 11.8 Å². The molecule has 1 aliphatic heterocycles. The molecular formula is C12H17FN2O2S2. The van der Waals surface area contributed by atoms with E-state index in [1.54, 1.807) is 11.8 Å². The summed E-state index contributed by atoms with van der Waals surface area (Å²) in [6.07, 6.45) is 0. The largest absolute Gasteiger partial charge is 0.399 e. The normalized spacial score (nSPS) is 21.5. The Morgan fingerprint density at radius 2 is 2.16 bits per heavy atom. The zero-order valence-electron chi connectivity index (χ0n) is 10.9. The highest BCUT2D eigenvalue weighted by molar-refractivity contribution is 7.99. The Morgan fingerprint density at radius 3 is 2.79 bits per heavy atom. The van der Waals surface area contributed by atoms with Gasteiger partial charge in [-0.25, -0.2) is 12.8 Å². The molecule has 2 N–H and O–H groups in total. The van der Waals surface area contributed by atoms with E-state index in [1.165, 1.54) is 17.3 Å². The number of sulfonamides is 1. The number of halogens is 1. The third-order valence-corrected chi connectivity index (χ3v) is 6.54. The minimum absolute atomic E-state index is 0.0243. The van der Waals surface area contributed by atoms with Gasteiger partial charge in [-0.1, -0.05) is 0 Å². The van der Waals surface area contributed by atoms with Crippen molar-refractivity contribution in [2.45, 2.75) is 24.8 Å². The van der Waals surface area contributed by atoms with Gasteiger partial charge in [-0.3, -0.25) is 0 Å². The molecule has 0 bridgehead atoms. The highest BCUT2D eigenvalue weighted by atomic mass is 32.2. The Morgan fingerprint density at radius 1 is 1.47 bits per heavy atom. The molecule has 4 nitrogen and oxygen atoms in total. The first-order chi connectivity index (χ1) is 8.84. The van der Waals surface area contributed by atoms with E-state index in [4.69, 9.17) is 5.73 Å². The van der Waals surface area contributed by atoms with Crippen LogP contribution in [0.1, 0.15) is 12.5 Å². The van der Waals surface area contributed by atoms with Gasteiger partial charge in [-0.05, 0) is 26.0 Å². The molecule has 0 aromatic heterocycles. The van der Waals surface area contributed by atoms with E-state index in [2.05, 4.69) is 0 Å². The zero-order chi connectivity index (χ0) is 14.2. The lowest BCUT2D eigenvalue weighted by molar-refractivity contribution is 0.367. The predicted octanol–water partition coefficient (Wildman–Crippen LogP) is 1.84. The van der Waals surface area contributed by atoms with E-state index in [0.29, 0.717) is 6.54 Å². The topological polar surface area (TPSA) is 63.4 Å². The van der Waals surface area contributed by atoms with Crippen LogP contribution < -0.4 is 5.73 Å². The summed E-state index contributed by atoms with van der Waals surface area (Å²) >= 11 is 1.72. The quantitative estimate of drug-likeness (QED) is 0.847. The van der Waals surface area contributed by atoms with Crippen molar-refractivity contribution in [2.75, 3.05) is 23.8 Å². The van der Waals surface area contributed by atoms with E-state index in [1.807, 2.05) is 6.92 Å². The van der Waals surface area contributed by atoms with Gasteiger partial charge in [0, 0.05) is 35.3 Å². The van der Waals surface area contributed by atoms with Gasteiger partial charge in [0.05, 0.1) is 4.90 Å². The molecule has 1 aromatic carbocycles. The van der Waals surface area contributed by atoms with Crippen molar-refractivity contribution < 1.29 is 12.8 Å². The smallest absolute Gasteiger partial charge is 0.243 e. The second-order valence-corrected chi connectivity index (χ2v) is 7.67. The number of hydrogen-bond donors (Lipinski definition) is 1. The Bertz CT molecular complexity index is 590. The lowest BCUT2D eigenvalue weighted by Crippen LogP contribution is -2.44. The van der Waals surface area contributed by atoms with Crippen LogP contribution in [0.15, 0.2) is 17.0 Å². The van der Waals surface area contributed by atoms with Gasteiger partial charge >= 0.3 is 0 Å². The molecule has 19 heavy (non-hydrogen) atoms. The predicted molar refractivity (Wildman–Crippen MR) is 76.2 cm³/mol. The summed E-state index contributed by atoms with van der Waals surface area (Å²) in [4.78, 5) is -0.0243. The lowest BCUT2D eigenvalue weighted by atomic mass is 10.2. The van der Waals surface area contributed by atoms with E-state index < -0.39 is 15.8 Å². The van der Waals surface area contributed by atoms with Crippen LogP contribution in [-0.4, -0.2) is 36.8 Å². The molecule has 1 fully saturated rings. The van der Waals surface area contributed by atoms with Crippen LogP contribution in [0, 0.1) is 12.7 Å². The number of thioether (sulfide) groups is 1. The van der Waals surface area contributed by atoms with Crippen molar-refractivity contribution in [3.63, 3.8) is 0 Å². The molecule has 1 atom stereocenters. The summed E-state index contributed by atoms with van der Waals surface area (Å²) in [7, 11) is -3.69. The number of nitrogen functional groups attached to an aromatic ring is 1. The van der Waals surface area contributed by atoms with E-state index >= 15 is 0 Å². The second kappa shape index (κ2) is 5.30. The molecule has 1 aliphatic rings. The Labute approximate surface area is 117 Å². The second-order valence-electron chi connectivity index (χ2n) is 4.67. The van der Waals surface area contributed by atoms with Crippen LogP contribution in [-0.2, 0) is 10.0 Å². The van der Waals surface area contributed by atoms with Crippen LogP contribution in [0.3, 0.4) is 0 Å². The Balaban J connectivity index is 2.50. The van der Waals surface area contributed by atoms with Crippen molar-refractivity contribution in [1.29, 1.82) is 0 Å². The first kappa shape index (κ1) is 14.6. The fourth-order valence-electron chi connectivity index (χ4n) is 2.14. The summed E-state index contributed by atoms with van der Waals surface area (Å²) in [6, 6.07) is 2.39. The monoisotopic (exact) mass is 304 g/mol. The third kappa shape index (κ3) is 2.73. The summed E-state index contributed by atoms with van der Waals surface area (Å²) in [5.41, 5.74) is 5.81. The van der Waals surface area contributed by atoms with Gasteiger partial charge in [0.2, 0.25) is 10.0 Å². The molecule has 2 rings (SSSR count). The third-order valence-electron chi connectivity index (χ3n) is 3.21. The van der Waals surface area contributed by atoms with Crippen molar-refractivity contribution in [2.24, 2.45) is 0 Å². The number of anilines is 1. The molecule has 0 spiro atoms. The average Bonchev–Trinajstić information content (AvgIpc) is 2.34. The van der Waals surface area contributed by atoms with Crippen LogP contribution in [0.2, 0.25) is 0 Å². The van der Waals surface area contributed by atoms with Crippen molar-refractivity contribution in [3.05, 3.63) is 23.5 Å². The molecule has 0 aliphatic carbocycles. The molecule has 7 heteroatoms. The molecule has 1 unspecified atom stereocenters. The number of rotatable bonds is 2. The van der Waals surface area contributed by atoms with Gasteiger partial charge < -0.3 is 5.73 Å². The minimum Gasteiger partial charge on any atom is -0.399 e. The first-order valence-electron chi connectivity index (χ1n) is 5.99. The summed E-state index contributed by atoms with van der Waals surface area (Å²) in [5.74, 6) is 0.925. The number of hydrogen-bond acceptors (Lipinski definition) is 4. The minimum atomic E-state index is -3.69. The zero-order valence-corrected chi connectivity index (χ0v) is 12.5. The number of nitrogens with zero attached hydrogens (tertiary/aromatic N) is 1. The molecule has 0 amide bonds. The Hall–Kier alpha value is -0.790. The van der Waals surface area contributed by atoms with Gasteiger partial charge in [0.15, 0.2) is 0 Å². The standard InChI is InChI=1S/C12H17FN2O2S2/c1-8-7-18-4-3-15(8)19(16,17)12-6-10(14)5-11(13)9(12)2/h5-6,8H,3-4,7,14H2,1-2H3. The number of nitrogens with two attached hydrogens (primary N) is 1. The fraction of sp³-hybridized carbons (Fsp3) is 0.500. The van der Waals surface area contributed by atoms with Gasteiger partial charge in [-0.2, -0.15) is 16.1 Å². The highest BCUT2D eigenvalue weighted by Crippen LogP contribution is 2.28. The molecule has 1 saturated heterocycles. The molecule has 0 saturated carbocycles. The maximum Gasteiger partial charge on any atom is 0.243 e. The molecular weight excluding hydrogens is 287 g/mol. The van der Waals surface area contributed by atoms with Gasteiger partial charge in [-0.15, -0.1) is 0 Å².